The van der Waals surface area contributed by atoms with Gasteiger partial charge in [-0.2, -0.15) is 0 Å². The van der Waals surface area contributed by atoms with Crippen molar-refractivity contribution in [2.45, 2.75) is 32.9 Å². The van der Waals surface area contributed by atoms with Gasteiger partial charge in [0.15, 0.2) is 0 Å². The number of hydrogen-bond acceptors (Lipinski definition) is 2. The summed E-state index contributed by atoms with van der Waals surface area (Å²) in [4.78, 5) is 12.6. The van der Waals surface area contributed by atoms with Crippen molar-refractivity contribution in [2.24, 2.45) is 0 Å². The highest BCUT2D eigenvalue weighted by atomic mass is 32.1. The standard InChI is InChI=1S/C18H19FN2OS/c1-3-12(2)20-18(22)16-10-17-15(7-8-23-17)21(16)11-13-5-4-6-14(19)9-13/h4-10,12H,3,11H2,1-2H3,(H,20,22). The van der Waals surface area contributed by atoms with Crippen molar-refractivity contribution in [3.05, 3.63) is 58.9 Å². The van der Waals surface area contributed by atoms with E-state index in [4.69, 9.17) is 0 Å². The molecule has 2 aromatic heterocycles. The van der Waals surface area contributed by atoms with Crippen molar-refractivity contribution in [1.29, 1.82) is 0 Å². The van der Waals surface area contributed by atoms with Crippen LogP contribution in [-0.2, 0) is 6.54 Å². The van der Waals surface area contributed by atoms with Crippen LogP contribution >= 0.6 is 11.3 Å². The maximum Gasteiger partial charge on any atom is 0.268 e. The van der Waals surface area contributed by atoms with Crippen LogP contribution in [0.4, 0.5) is 4.39 Å². The van der Waals surface area contributed by atoms with E-state index in [1.807, 2.05) is 42.0 Å². The normalized spacial score (nSPS) is 12.5. The quantitative estimate of drug-likeness (QED) is 0.738. The zero-order valence-electron chi connectivity index (χ0n) is 13.2. The Morgan fingerprint density at radius 3 is 2.91 bits per heavy atom. The van der Waals surface area contributed by atoms with E-state index < -0.39 is 0 Å². The molecule has 1 amide bonds. The number of halogens is 1. The summed E-state index contributed by atoms with van der Waals surface area (Å²) in [6.07, 6.45) is 0.880. The molecule has 0 radical (unpaired) electrons. The third-order valence-corrected chi connectivity index (χ3v) is 4.83. The second-order valence-corrected chi connectivity index (χ2v) is 6.65. The summed E-state index contributed by atoms with van der Waals surface area (Å²) in [5.41, 5.74) is 2.47. The molecule has 0 spiro atoms. The minimum absolute atomic E-state index is 0.0841. The van der Waals surface area contributed by atoms with Gasteiger partial charge in [-0.3, -0.25) is 4.79 Å². The second kappa shape index (κ2) is 6.54. The molecule has 0 saturated heterocycles. The molecule has 23 heavy (non-hydrogen) atoms. The largest absolute Gasteiger partial charge is 0.348 e. The number of hydrogen-bond donors (Lipinski definition) is 1. The van der Waals surface area contributed by atoms with Crippen molar-refractivity contribution < 1.29 is 9.18 Å². The van der Waals surface area contributed by atoms with Crippen LogP contribution in [0.5, 0.6) is 0 Å². The summed E-state index contributed by atoms with van der Waals surface area (Å²) >= 11 is 1.60. The second-order valence-electron chi connectivity index (χ2n) is 5.70. The minimum Gasteiger partial charge on any atom is -0.348 e. The third-order valence-electron chi connectivity index (χ3n) is 3.97. The Labute approximate surface area is 138 Å². The van der Waals surface area contributed by atoms with Gasteiger partial charge in [0.25, 0.3) is 5.91 Å². The summed E-state index contributed by atoms with van der Waals surface area (Å²) in [6, 6.07) is 10.5. The van der Waals surface area contributed by atoms with Gasteiger partial charge in [-0.05, 0) is 48.6 Å². The van der Waals surface area contributed by atoms with Gasteiger partial charge in [0.05, 0.1) is 10.2 Å². The van der Waals surface area contributed by atoms with E-state index in [-0.39, 0.29) is 17.8 Å². The highest BCUT2D eigenvalue weighted by Gasteiger charge is 2.17. The van der Waals surface area contributed by atoms with Crippen molar-refractivity contribution >= 4 is 27.5 Å². The van der Waals surface area contributed by atoms with Gasteiger partial charge >= 0.3 is 0 Å². The minimum atomic E-state index is -0.262. The van der Waals surface area contributed by atoms with Crippen LogP contribution in [0.2, 0.25) is 0 Å². The van der Waals surface area contributed by atoms with E-state index >= 15 is 0 Å². The van der Waals surface area contributed by atoms with Gasteiger partial charge < -0.3 is 9.88 Å². The number of amides is 1. The number of rotatable bonds is 5. The van der Waals surface area contributed by atoms with E-state index in [1.54, 1.807) is 17.4 Å². The van der Waals surface area contributed by atoms with Crippen LogP contribution in [-0.4, -0.2) is 16.5 Å². The third kappa shape index (κ3) is 3.29. The van der Waals surface area contributed by atoms with Crippen LogP contribution in [0.15, 0.2) is 41.8 Å². The van der Waals surface area contributed by atoms with E-state index in [2.05, 4.69) is 5.32 Å². The van der Waals surface area contributed by atoms with Crippen molar-refractivity contribution in [3.63, 3.8) is 0 Å². The summed E-state index contributed by atoms with van der Waals surface area (Å²) in [7, 11) is 0. The van der Waals surface area contributed by atoms with Crippen LogP contribution in [0.25, 0.3) is 10.2 Å². The van der Waals surface area contributed by atoms with Gasteiger partial charge in [0.1, 0.15) is 11.5 Å². The lowest BCUT2D eigenvalue weighted by Gasteiger charge is -2.14. The monoisotopic (exact) mass is 330 g/mol. The highest BCUT2D eigenvalue weighted by molar-refractivity contribution is 7.17. The van der Waals surface area contributed by atoms with Crippen LogP contribution in [0.3, 0.4) is 0 Å². The van der Waals surface area contributed by atoms with Gasteiger partial charge in [-0.25, -0.2) is 4.39 Å². The molecule has 0 aliphatic heterocycles. The average molecular weight is 330 g/mol. The fourth-order valence-electron chi connectivity index (χ4n) is 2.55. The molecule has 0 aliphatic carbocycles. The maximum absolute atomic E-state index is 13.4. The first-order chi connectivity index (χ1) is 11.1. The number of nitrogens with one attached hydrogen (secondary N) is 1. The molecule has 3 aromatic rings. The van der Waals surface area contributed by atoms with Crippen molar-refractivity contribution in [3.8, 4) is 0 Å². The summed E-state index contributed by atoms with van der Waals surface area (Å²) in [5, 5.41) is 5.01. The Bertz CT molecular complexity index is 837. The number of thiophene rings is 1. The van der Waals surface area contributed by atoms with Gasteiger partial charge in [-0.15, -0.1) is 11.3 Å². The van der Waals surface area contributed by atoms with Gasteiger partial charge in [0.2, 0.25) is 0 Å². The van der Waals surface area contributed by atoms with Gasteiger partial charge in [0, 0.05) is 12.6 Å². The summed E-state index contributed by atoms with van der Waals surface area (Å²) in [5.74, 6) is -0.346. The molecule has 1 unspecified atom stereocenters. The zero-order chi connectivity index (χ0) is 16.4. The van der Waals surface area contributed by atoms with Crippen molar-refractivity contribution in [1.82, 2.24) is 9.88 Å². The molecule has 1 N–H and O–H groups in total. The lowest BCUT2D eigenvalue weighted by Crippen LogP contribution is -2.33. The topological polar surface area (TPSA) is 34.0 Å². The van der Waals surface area contributed by atoms with E-state index in [0.29, 0.717) is 12.2 Å². The molecule has 1 atom stereocenters. The van der Waals surface area contributed by atoms with Crippen LogP contribution < -0.4 is 5.32 Å². The Morgan fingerprint density at radius 1 is 1.35 bits per heavy atom. The zero-order valence-corrected chi connectivity index (χ0v) is 14.0. The smallest absolute Gasteiger partial charge is 0.268 e. The summed E-state index contributed by atoms with van der Waals surface area (Å²) < 4.78 is 16.5. The predicted molar refractivity (Wildman–Crippen MR) is 92.5 cm³/mol. The molecule has 0 aliphatic rings. The number of carbonyl (C=O) groups is 1. The molecule has 3 nitrogen and oxygen atoms in total. The molecule has 0 saturated carbocycles. The number of carbonyl (C=O) groups excluding carboxylic acids is 1. The molecule has 3 rings (SSSR count). The molecule has 2 heterocycles. The molecule has 5 heteroatoms. The predicted octanol–water partition coefficient (Wildman–Crippen LogP) is 4.42. The Hall–Kier alpha value is -2.14. The van der Waals surface area contributed by atoms with Gasteiger partial charge in [-0.1, -0.05) is 19.1 Å². The molecule has 120 valence electrons. The number of benzene rings is 1. The fourth-order valence-corrected chi connectivity index (χ4v) is 3.38. The molecular weight excluding hydrogens is 311 g/mol. The maximum atomic E-state index is 13.4. The highest BCUT2D eigenvalue weighted by Crippen LogP contribution is 2.26. The average Bonchev–Trinajstić information content (AvgIpc) is 3.10. The van der Waals surface area contributed by atoms with E-state index in [9.17, 15) is 9.18 Å². The summed E-state index contributed by atoms with van der Waals surface area (Å²) in [6.45, 7) is 4.50. The van der Waals surface area contributed by atoms with E-state index in [0.717, 1.165) is 22.2 Å². The Balaban J connectivity index is 1.98. The van der Waals surface area contributed by atoms with Crippen molar-refractivity contribution in [2.75, 3.05) is 0 Å². The molecule has 0 bridgehead atoms. The molecule has 0 fully saturated rings. The first-order valence-corrected chi connectivity index (χ1v) is 8.58. The lowest BCUT2D eigenvalue weighted by molar-refractivity contribution is 0.0931. The number of nitrogens with zero attached hydrogens (tertiary/aromatic N) is 1. The SMILES string of the molecule is CCC(C)NC(=O)c1cc2sccc2n1Cc1cccc(F)c1. The van der Waals surface area contributed by atoms with Crippen LogP contribution in [0.1, 0.15) is 36.3 Å². The fraction of sp³-hybridized carbons (Fsp3) is 0.278. The Kier molecular flexibility index (Phi) is 4.48. The van der Waals surface area contributed by atoms with Crippen LogP contribution in [0, 0.1) is 5.82 Å². The van der Waals surface area contributed by atoms with E-state index in [1.165, 1.54) is 12.1 Å². The molecule has 1 aromatic carbocycles. The molecular formula is C18H19FN2OS. The first-order valence-electron chi connectivity index (χ1n) is 7.70. The number of fused-ring (bicyclic) bond motifs is 1. The number of aromatic nitrogens is 1. The Morgan fingerprint density at radius 2 is 2.17 bits per heavy atom. The lowest BCUT2D eigenvalue weighted by atomic mass is 10.2. The first kappa shape index (κ1) is 15.7.